The number of carbonyl (C=O) groups is 1. The van der Waals surface area contributed by atoms with Crippen LogP contribution in [0.15, 0.2) is 18.2 Å². The summed E-state index contributed by atoms with van der Waals surface area (Å²) < 4.78 is 13.3. The SMILES string of the molecule is CC(c1ccc(O)cc1F)C(N)C(=O)O. The highest BCUT2D eigenvalue weighted by molar-refractivity contribution is 5.74. The molecule has 0 spiro atoms. The molecule has 0 radical (unpaired) electrons. The van der Waals surface area contributed by atoms with E-state index in [1.165, 1.54) is 19.1 Å². The Balaban J connectivity index is 3.01. The minimum Gasteiger partial charge on any atom is -0.508 e. The predicted octanol–water partition coefficient (Wildman–Crippen LogP) is 1.05. The number of hydrogen-bond acceptors (Lipinski definition) is 3. The lowest BCUT2D eigenvalue weighted by Gasteiger charge is -2.16. The van der Waals surface area contributed by atoms with Gasteiger partial charge in [0.25, 0.3) is 0 Å². The van der Waals surface area contributed by atoms with E-state index in [1.807, 2.05) is 0 Å². The number of hydrogen-bond donors (Lipinski definition) is 3. The highest BCUT2D eigenvalue weighted by Gasteiger charge is 2.23. The van der Waals surface area contributed by atoms with E-state index in [4.69, 9.17) is 15.9 Å². The van der Waals surface area contributed by atoms with Gasteiger partial charge in [0.2, 0.25) is 0 Å². The van der Waals surface area contributed by atoms with E-state index in [0.29, 0.717) is 0 Å². The smallest absolute Gasteiger partial charge is 0.321 e. The Labute approximate surface area is 86.1 Å². The van der Waals surface area contributed by atoms with E-state index in [0.717, 1.165) is 6.07 Å². The molecule has 0 saturated heterocycles. The van der Waals surface area contributed by atoms with Crippen molar-refractivity contribution in [3.8, 4) is 5.75 Å². The number of carboxylic acid groups (broad SMARTS) is 1. The molecular formula is C10H12FNO3. The number of aromatic hydroxyl groups is 1. The molecule has 1 aromatic carbocycles. The van der Waals surface area contributed by atoms with Gasteiger partial charge < -0.3 is 15.9 Å². The zero-order valence-electron chi connectivity index (χ0n) is 8.14. The third-order valence-corrected chi connectivity index (χ3v) is 2.30. The number of rotatable bonds is 3. The Morgan fingerprint density at radius 3 is 2.60 bits per heavy atom. The Kier molecular flexibility index (Phi) is 3.26. The van der Waals surface area contributed by atoms with E-state index in [2.05, 4.69) is 0 Å². The normalized spacial score (nSPS) is 14.6. The first kappa shape index (κ1) is 11.5. The van der Waals surface area contributed by atoms with Crippen molar-refractivity contribution in [2.45, 2.75) is 18.9 Å². The molecule has 0 aromatic heterocycles. The molecule has 2 unspecified atom stereocenters. The van der Waals surface area contributed by atoms with Gasteiger partial charge in [-0.1, -0.05) is 13.0 Å². The topological polar surface area (TPSA) is 83.5 Å². The van der Waals surface area contributed by atoms with Gasteiger partial charge in [-0.2, -0.15) is 0 Å². The molecule has 0 fully saturated rings. The Morgan fingerprint density at radius 1 is 1.53 bits per heavy atom. The quantitative estimate of drug-likeness (QED) is 0.700. The molecule has 0 bridgehead atoms. The number of phenolic OH excluding ortho intramolecular Hbond substituents is 1. The Morgan fingerprint density at radius 2 is 2.13 bits per heavy atom. The van der Waals surface area contributed by atoms with Gasteiger partial charge in [0.1, 0.15) is 17.6 Å². The average molecular weight is 213 g/mol. The van der Waals surface area contributed by atoms with Crippen molar-refractivity contribution in [3.05, 3.63) is 29.6 Å². The van der Waals surface area contributed by atoms with E-state index in [-0.39, 0.29) is 11.3 Å². The van der Waals surface area contributed by atoms with Crippen molar-refractivity contribution >= 4 is 5.97 Å². The summed E-state index contributed by atoms with van der Waals surface area (Å²) in [6.07, 6.45) is 0. The highest BCUT2D eigenvalue weighted by atomic mass is 19.1. The number of halogens is 1. The molecule has 0 heterocycles. The second kappa shape index (κ2) is 4.27. The van der Waals surface area contributed by atoms with Gasteiger partial charge in [0, 0.05) is 12.0 Å². The van der Waals surface area contributed by atoms with Crippen LogP contribution in [0.4, 0.5) is 4.39 Å². The van der Waals surface area contributed by atoms with Crippen molar-refractivity contribution in [1.82, 2.24) is 0 Å². The number of carboxylic acids is 1. The summed E-state index contributed by atoms with van der Waals surface area (Å²) in [4.78, 5) is 10.6. The van der Waals surface area contributed by atoms with E-state index in [1.54, 1.807) is 0 Å². The molecule has 5 heteroatoms. The predicted molar refractivity (Wildman–Crippen MR) is 52.1 cm³/mol. The molecule has 0 aliphatic carbocycles. The zero-order valence-corrected chi connectivity index (χ0v) is 8.14. The van der Waals surface area contributed by atoms with Crippen LogP contribution in [0.5, 0.6) is 5.75 Å². The molecule has 2 atom stereocenters. The Bertz CT molecular complexity index is 381. The van der Waals surface area contributed by atoms with Crippen molar-refractivity contribution in [1.29, 1.82) is 0 Å². The van der Waals surface area contributed by atoms with Crippen molar-refractivity contribution in [3.63, 3.8) is 0 Å². The van der Waals surface area contributed by atoms with Gasteiger partial charge >= 0.3 is 5.97 Å². The van der Waals surface area contributed by atoms with E-state index in [9.17, 15) is 9.18 Å². The van der Waals surface area contributed by atoms with Crippen molar-refractivity contribution in [2.75, 3.05) is 0 Å². The summed E-state index contributed by atoms with van der Waals surface area (Å²) in [5.74, 6) is -2.69. The second-order valence-electron chi connectivity index (χ2n) is 3.36. The van der Waals surface area contributed by atoms with Gasteiger partial charge in [0.05, 0.1) is 0 Å². The van der Waals surface area contributed by atoms with Crippen LogP contribution in [0.3, 0.4) is 0 Å². The number of benzene rings is 1. The molecule has 0 aliphatic rings. The highest BCUT2D eigenvalue weighted by Crippen LogP contribution is 2.24. The summed E-state index contributed by atoms with van der Waals surface area (Å²) >= 11 is 0. The lowest BCUT2D eigenvalue weighted by atomic mass is 9.93. The molecule has 4 nitrogen and oxygen atoms in total. The minimum atomic E-state index is -1.19. The molecule has 0 aliphatic heterocycles. The fraction of sp³-hybridized carbons (Fsp3) is 0.300. The molecule has 15 heavy (non-hydrogen) atoms. The van der Waals surface area contributed by atoms with Gasteiger partial charge in [-0.15, -0.1) is 0 Å². The summed E-state index contributed by atoms with van der Waals surface area (Å²) in [5, 5.41) is 17.6. The van der Waals surface area contributed by atoms with Crippen LogP contribution >= 0.6 is 0 Å². The third kappa shape index (κ3) is 2.44. The molecule has 82 valence electrons. The maximum absolute atomic E-state index is 13.3. The zero-order chi connectivity index (χ0) is 11.6. The Hall–Kier alpha value is -1.62. The first-order valence-electron chi connectivity index (χ1n) is 4.40. The second-order valence-corrected chi connectivity index (χ2v) is 3.36. The molecule has 1 aromatic rings. The summed E-state index contributed by atoms with van der Waals surface area (Å²) in [5.41, 5.74) is 5.55. The van der Waals surface area contributed by atoms with Crippen LogP contribution in [-0.4, -0.2) is 22.2 Å². The van der Waals surface area contributed by atoms with Crippen LogP contribution in [0.2, 0.25) is 0 Å². The standard InChI is InChI=1S/C10H12FNO3/c1-5(9(12)10(14)15)7-3-2-6(13)4-8(7)11/h2-5,9,13H,12H2,1H3,(H,14,15). The van der Waals surface area contributed by atoms with Crippen molar-refractivity contribution < 1.29 is 19.4 Å². The number of nitrogens with two attached hydrogens (primary N) is 1. The van der Waals surface area contributed by atoms with Crippen LogP contribution in [0, 0.1) is 5.82 Å². The molecule has 4 N–H and O–H groups in total. The maximum atomic E-state index is 13.3. The van der Waals surface area contributed by atoms with Gasteiger partial charge in [-0.25, -0.2) is 4.39 Å². The molecule has 1 rings (SSSR count). The van der Waals surface area contributed by atoms with Gasteiger partial charge in [-0.3, -0.25) is 4.79 Å². The minimum absolute atomic E-state index is 0.183. The first-order valence-corrected chi connectivity index (χ1v) is 4.40. The average Bonchev–Trinajstić information content (AvgIpc) is 2.15. The van der Waals surface area contributed by atoms with Crippen LogP contribution in [0.1, 0.15) is 18.4 Å². The summed E-state index contributed by atoms with van der Waals surface area (Å²) in [7, 11) is 0. The maximum Gasteiger partial charge on any atom is 0.321 e. The number of aliphatic carboxylic acids is 1. The van der Waals surface area contributed by atoms with Crippen LogP contribution in [0.25, 0.3) is 0 Å². The van der Waals surface area contributed by atoms with Gasteiger partial charge in [0.15, 0.2) is 0 Å². The lowest BCUT2D eigenvalue weighted by molar-refractivity contribution is -0.139. The van der Waals surface area contributed by atoms with Crippen molar-refractivity contribution in [2.24, 2.45) is 5.73 Å². The largest absolute Gasteiger partial charge is 0.508 e. The first-order chi connectivity index (χ1) is 6.93. The fourth-order valence-electron chi connectivity index (χ4n) is 1.29. The third-order valence-electron chi connectivity index (χ3n) is 2.30. The van der Waals surface area contributed by atoms with Crippen LogP contribution < -0.4 is 5.73 Å². The molecular weight excluding hydrogens is 201 g/mol. The van der Waals surface area contributed by atoms with Crippen LogP contribution in [-0.2, 0) is 4.79 Å². The lowest BCUT2D eigenvalue weighted by Crippen LogP contribution is -2.35. The van der Waals surface area contributed by atoms with E-state index >= 15 is 0 Å². The summed E-state index contributed by atoms with van der Waals surface area (Å²) in [6, 6.07) is 2.39. The van der Waals surface area contributed by atoms with E-state index < -0.39 is 23.7 Å². The van der Waals surface area contributed by atoms with Gasteiger partial charge in [-0.05, 0) is 11.6 Å². The summed E-state index contributed by atoms with van der Waals surface area (Å²) in [6.45, 7) is 1.52. The number of phenols is 1. The fourth-order valence-corrected chi connectivity index (χ4v) is 1.29. The molecule has 0 amide bonds. The molecule has 0 saturated carbocycles. The monoisotopic (exact) mass is 213 g/mol.